The zero-order chi connectivity index (χ0) is 24.3. The molecule has 3 rings (SSSR count). The predicted octanol–water partition coefficient (Wildman–Crippen LogP) is 0.0245. The fourth-order valence-electron chi connectivity index (χ4n) is 3.37. The fraction of sp³-hybridized carbons (Fsp3) is 0.368. The number of carbonyl (C=O) groups is 1. The number of H-pyrrole nitrogens is 1. The number of amides is 1. The van der Waals surface area contributed by atoms with E-state index in [0.717, 1.165) is 20.1 Å². The summed E-state index contributed by atoms with van der Waals surface area (Å²) in [6.45, 7) is 1.41. The van der Waals surface area contributed by atoms with Crippen LogP contribution in [0.5, 0.6) is 0 Å². The van der Waals surface area contributed by atoms with Crippen molar-refractivity contribution in [3.8, 4) is 0 Å². The van der Waals surface area contributed by atoms with E-state index in [4.69, 9.17) is 14.9 Å². The lowest BCUT2D eigenvalue weighted by atomic mass is 10.3. The number of nitro groups is 1. The summed E-state index contributed by atoms with van der Waals surface area (Å²) in [5, 5.41) is 11.0. The van der Waals surface area contributed by atoms with Gasteiger partial charge in [-0.25, -0.2) is 9.59 Å². The number of methoxy groups -OCH3 is 1. The fourth-order valence-corrected chi connectivity index (χ4v) is 3.37. The molecule has 0 saturated heterocycles. The van der Waals surface area contributed by atoms with Crippen LogP contribution in [0.25, 0.3) is 11.1 Å². The third-order valence-electron chi connectivity index (χ3n) is 4.91. The summed E-state index contributed by atoms with van der Waals surface area (Å²) in [6, 6.07) is 3.53. The molecule has 3 aromatic rings. The van der Waals surface area contributed by atoms with Gasteiger partial charge < -0.3 is 19.8 Å². The van der Waals surface area contributed by atoms with Gasteiger partial charge in [0.1, 0.15) is 12.4 Å². The number of ether oxygens (including phenoxy) is 1. The van der Waals surface area contributed by atoms with E-state index in [1.165, 1.54) is 19.2 Å². The van der Waals surface area contributed by atoms with Crippen molar-refractivity contribution in [2.24, 2.45) is 0 Å². The molecule has 1 amide bonds. The summed E-state index contributed by atoms with van der Waals surface area (Å²) in [5.74, 6) is -1.83. The van der Waals surface area contributed by atoms with Crippen molar-refractivity contribution >= 4 is 34.2 Å². The summed E-state index contributed by atoms with van der Waals surface area (Å²) in [4.78, 5) is 63.7. The second-order valence-electron chi connectivity index (χ2n) is 7.05. The third kappa shape index (κ3) is 4.55. The zero-order valence-electron chi connectivity index (χ0n) is 17.9. The standard InChI is InChI=1S/C19H22N6O8/c1-3-6-23-16(20)15(17(27)21-18(23)28)22(7-8-32-2)14(26)10-24-12-5-4-11(25(30)31)9-13(12)33-19(24)29/h4-5,9H,3,6-8,10,20H2,1-2H3,(H,21,27,28). The number of carbonyl (C=O) groups excluding carboxylic acids is 1. The average molecular weight is 462 g/mol. The summed E-state index contributed by atoms with van der Waals surface area (Å²) in [6.07, 6.45) is 0.546. The second-order valence-corrected chi connectivity index (χ2v) is 7.05. The number of non-ortho nitro benzene ring substituents is 1. The molecule has 14 heteroatoms. The quantitative estimate of drug-likeness (QED) is 0.326. The molecule has 0 unspecified atom stereocenters. The second kappa shape index (κ2) is 9.52. The minimum atomic E-state index is -0.914. The number of anilines is 2. The Morgan fingerprint density at radius 1 is 1.30 bits per heavy atom. The molecule has 0 spiro atoms. The van der Waals surface area contributed by atoms with Gasteiger partial charge in [0.25, 0.3) is 11.2 Å². The summed E-state index contributed by atoms with van der Waals surface area (Å²) in [5.41, 5.74) is 4.06. The Morgan fingerprint density at radius 2 is 2.03 bits per heavy atom. The van der Waals surface area contributed by atoms with E-state index in [1.54, 1.807) is 0 Å². The lowest BCUT2D eigenvalue weighted by Gasteiger charge is -2.24. The molecule has 0 atom stereocenters. The number of nitrogens with one attached hydrogen (secondary N) is 1. The van der Waals surface area contributed by atoms with Gasteiger partial charge in [0.05, 0.1) is 23.1 Å². The number of hydrogen-bond donors (Lipinski definition) is 2. The van der Waals surface area contributed by atoms with E-state index in [2.05, 4.69) is 4.98 Å². The van der Waals surface area contributed by atoms with Gasteiger partial charge in [0.2, 0.25) is 5.91 Å². The molecule has 176 valence electrons. The summed E-state index contributed by atoms with van der Waals surface area (Å²) in [7, 11) is 1.40. The molecule has 0 saturated carbocycles. The van der Waals surface area contributed by atoms with Crippen molar-refractivity contribution in [1.29, 1.82) is 0 Å². The van der Waals surface area contributed by atoms with Crippen LogP contribution in [0.2, 0.25) is 0 Å². The monoisotopic (exact) mass is 462 g/mol. The van der Waals surface area contributed by atoms with Gasteiger partial charge in [-0.2, -0.15) is 0 Å². The van der Waals surface area contributed by atoms with E-state index < -0.39 is 34.4 Å². The molecular weight excluding hydrogens is 440 g/mol. The van der Waals surface area contributed by atoms with Crippen molar-refractivity contribution in [2.75, 3.05) is 30.9 Å². The minimum Gasteiger partial charge on any atom is -0.407 e. The van der Waals surface area contributed by atoms with Gasteiger partial charge in [0, 0.05) is 26.3 Å². The molecule has 0 radical (unpaired) electrons. The Labute approximate surface area is 184 Å². The average Bonchev–Trinajstić information content (AvgIpc) is 3.07. The SMILES string of the molecule is CCCn1c(N)c(N(CCOC)C(=O)Cn2c(=O)oc3cc([N+](=O)[O-])ccc32)c(=O)[nH]c1=O. The van der Waals surface area contributed by atoms with E-state index >= 15 is 0 Å². The van der Waals surface area contributed by atoms with Crippen molar-refractivity contribution in [2.45, 2.75) is 26.4 Å². The highest BCUT2D eigenvalue weighted by atomic mass is 16.6. The van der Waals surface area contributed by atoms with Crippen LogP contribution in [-0.4, -0.2) is 45.2 Å². The minimum absolute atomic E-state index is 0.0325. The van der Waals surface area contributed by atoms with Crippen LogP contribution >= 0.6 is 0 Å². The first-order valence-corrected chi connectivity index (χ1v) is 9.89. The van der Waals surface area contributed by atoms with Crippen molar-refractivity contribution in [3.05, 3.63) is 59.7 Å². The van der Waals surface area contributed by atoms with Crippen molar-refractivity contribution in [1.82, 2.24) is 14.1 Å². The normalized spacial score (nSPS) is 11.1. The van der Waals surface area contributed by atoms with Crippen LogP contribution in [0, 0.1) is 10.1 Å². The largest absolute Gasteiger partial charge is 0.420 e. The van der Waals surface area contributed by atoms with E-state index in [9.17, 15) is 29.3 Å². The van der Waals surface area contributed by atoms with Gasteiger partial charge in [-0.15, -0.1) is 0 Å². The van der Waals surface area contributed by atoms with Crippen LogP contribution in [0.15, 0.2) is 37.0 Å². The Morgan fingerprint density at radius 3 is 2.67 bits per heavy atom. The molecule has 0 fully saturated rings. The molecule has 0 bridgehead atoms. The number of hydrogen-bond acceptors (Lipinski definition) is 9. The number of fused-ring (bicyclic) bond motifs is 1. The molecule has 2 heterocycles. The lowest BCUT2D eigenvalue weighted by Crippen LogP contribution is -2.44. The van der Waals surface area contributed by atoms with E-state index in [0.29, 0.717) is 6.42 Å². The molecule has 3 N–H and O–H groups in total. The maximum atomic E-state index is 13.2. The van der Waals surface area contributed by atoms with Gasteiger partial charge in [-0.05, 0) is 12.5 Å². The number of rotatable bonds is 9. The van der Waals surface area contributed by atoms with Crippen LogP contribution in [0.4, 0.5) is 17.2 Å². The van der Waals surface area contributed by atoms with E-state index in [1.807, 2.05) is 6.92 Å². The number of oxazole rings is 1. The zero-order valence-corrected chi connectivity index (χ0v) is 17.9. The number of nitro benzene ring substituents is 1. The Hall–Kier alpha value is -4.20. The topological polar surface area (TPSA) is 189 Å². The first-order chi connectivity index (χ1) is 15.7. The molecule has 33 heavy (non-hydrogen) atoms. The number of nitrogens with zero attached hydrogens (tertiary/aromatic N) is 4. The van der Waals surface area contributed by atoms with Gasteiger partial charge >= 0.3 is 11.4 Å². The van der Waals surface area contributed by atoms with Crippen LogP contribution in [0.3, 0.4) is 0 Å². The Kier molecular flexibility index (Phi) is 6.77. The first-order valence-electron chi connectivity index (χ1n) is 9.89. The third-order valence-corrected chi connectivity index (χ3v) is 4.91. The van der Waals surface area contributed by atoms with Gasteiger partial charge in [-0.3, -0.25) is 33.8 Å². The number of benzene rings is 1. The molecule has 2 aromatic heterocycles. The number of nitrogens with two attached hydrogens (primary N) is 1. The molecule has 14 nitrogen and oxygen atoms in total. The summed E-state index contributed by atoms with van der Waals surface area (Å²) >= 11 is 0. The predicted molar refractivity (Wildman–Crippen MR) is 117 cm³/mol. The van der Waals surface area contributed by atoms with Crippen molar-refractivity contribution < 1.29 is 18.9 Å². The number of aromatic amines is 1. The molecule has 0 aliphatic heterocycles. The highest BCUT2D eigenvalue weighted by Crippen LogP contribution is 2.21. The highest BCUT2D eigenvalue weighted by molar-refractivity contribution is 5.96. The maximum Gasteiger partial charge on any atom is 0.420 e. The Bertz CT molecular complexity index is 1380. The summed E-state index contributed by atoms with van der Waals surface area (Å²) < 4.78 is 12.2. The molecular formula is C19H22N6O8. The van der Waals surface area contributed by atoms with Crippen LogP contribution in [0.1, 0.15) is 13.3 Å². The molecule has 1 aromatic carbocycles. The number of aromatic nitrogens is 3. The van der Waals surface area contributed by atoms with Crippen molar-refractivity contribution in [3.63, 3.8) is 0 Å². The smallest absolute Gasteiger partial charge is 0.407 e. The Balaban J connectivity index is 2.06. The molecule has 0 aliphatic rings. The maximum absolute atomic E-state index is 13.2. The van der Waals surface area contributed by atoms with Crippen LogP contribution in [-0.2, 0) is 22.6 Å². The van der Waals surface area contributed by atoms with Gasteiger partial charge in [0.15, 0.2) is 11.3 Å². The lowest BCUT2D eigenvalue weighted by molar-refractivity contribution is -0.384. The van der Waals surface area contributed by atoms with Gasteiger partial charge in [-0.1, -0.05) is 6.92 Å². The molecule has 0 aliphatic carbocycles. The number of nitrogen functional groups attached to an aromatic ring is 1. The first kappa shape index (κ1) is 23.5. The van der Waals surface area contributed by atoms with E-state index in [-0.39, 0.29) is 48.0 Å². The van der Waals surface area contributed by atoms with Crippen LogP contribution < -0.4 is 27.6 Å². The highest BCUT2D eigenvalue weighted by Gasteiger charge is 2.26.